The molecule has 0 atom stereocenters. The van der Waals surface area contributed by atoms with Gasteiger partial charge in [-0.3, -0.25) is 9.78 Å². The molecule has 0 amide bonds. The second-order valence-electron chi connectivity index (χ2n) is 6.45. The number of aryl methyl sites for hydroxylation is 1. The Morgan fingerprint density at radius 3 is 2.75 bits per heavy atom. The van der Waals surface area contributed by atoms with Gasteiger partial charge < -0.3 is 10.3 Å². The molecule has 3 heterocycles. The first-order chi connectivity index (χ1) is 13.6. The summed E-state index contributed by atoms with van der Waals surface area (Å²) in [4.78, 5) is 23.8. The lowest BCUT2D eigenvalue weighted by Crippen LogP contribution is -2.15. The molecule has 2 N–H and O–H groups in total. The highest BCUT2D eigenvalue weighted by Gasteiger charge is 2.10. The largest absolute Gasteiger partial charge is 0.349 e. The quantitative estimate of drug-likeness (QED) is 0.520. The van der Waals surface area contributed by atoms with Gasteiger partial charge in [0.15, 0.2) is 0 Å². The molecule has 4 rings (SSSR count). The number of rotatable bonds is 6. The van der Waals surface area contributed by atoms with Crippen molar-refractivity contribution in [2.75, 3.05) is 5.32 Å². The summed E-state index contributed by atoms with van der Waals surface area (Å²) in [5, 5.41) is 8.04. The summed E-state index contributed by atoms with van der Waals surface area (Å²) in [6.45, 7) is 2.49. The number of fused-ring (bicyclic) bond motifs is 1. The van der Waals surface area contributed by atoms with Gasteiger partial charge >= 0.3 is 0 Å². The fourth-order valence-corrected chi connectivity index (χ4v) is 3.21. The lowest BCUT2D eigenvalue weighted by atomic mass is 10.0. The van der Waals surface area contributed by atoms with Crippen LogP contribution in [0.4, 0.5) is 5.95 Å². The number of nitrogens with zero attached hydrogens (tertiary/aromatic N) is 4. The first-order valence-corrected chi connectivity index (χ1v) is 9.43. The molecule has 0 bridgehead atoms. The number of hydrogen-bond acceptors (Lipinski definition) is 5. The van der Waals surface area contributed by atoms with E-state index in [1.807, 2.05) is 30.3 Å². The van der Waals surface area contributed by atoms with Crippen LogP contribution in [0.1, 0.15) is 24.6 Å². The average Bonchev–Trinajstić information content (AvgIpc) is 3.12. The first-order valence-electron chi connectivity index (χ1n) is 9.05. The maximum absolute atomic E-state index is 12.2. The van der Waals surface area contributed by atoms with Crippen LogP contribution in [0, 0.1) is 0 Å². The summed E-state index contributed by atoms with van der Waals surface area (Å²) in [6, 6.07) is 11.3. The Hall–Kier alpha value is -3.19. The molecule has 0 aliphatic heterocycles. The Balaban J connectivity index is 1.57. The fraction of sp³-hybridized carbons (Fsp3) is 0.200. The zero-order valence-corrected chi connectivity index (χ0v) is 16.1. The minimum Gasteiger partial charge on any atom is -0.349 e. The van der Waals surface area contributed by atoms with E-state index >= 15 is 0 Å². The third-order valence-electron chi connectivity index (χ3n) is 4.40. The maximum atomic E-state index is 12.2. The molecule has 0 unspecified atom stereocenters. The van der Waals surface area contributed by atoms with Gasteiger partial charge in [-0.25, -0.2) is 0 Å². The second kappa shape index (κ2) is 7.82. The van der Waals surface area contributed by atoms with Gasteiger partial charge in [-0.15, -0.1) is 5.10 Å². The van der Waals surface area contributed by atoms with Crippen molar-refractivity contribution in [2.45, 2.75) is 26.3 Å². The third kappa shape index (κ3) is 3.75. The number of halogens is 1. The molecule has 0 saturated heterocycles. The van der Waals surface area contributed by atoms with Crippen LogP contribution in [0.15, 0.2) is 53.6 Å². The van der Waals surface area contributed by atoms with Gasteiger partial charge in [0.1, 0.15) is 0 Å². The molecule has 8 heteroatoms. The van der Waals surface area contributed by atoms with Crippen LogP contribution in [0.2, 0.25) is 5.02 Å². The number of pyridine rings is 1. The number of nitrogens with one attached hydrogen (secondary N) is 2. The lowest BCUT2D eigenvalue weighted by molar-refractivity contribution is 0.837. The van der Waals surface area contributed by atoms with Crippen molar-refractivity contribution in [1.82, 2.24) is 24.6 Å². The van der Waals surface area contributed by atoms with Crippen LogP contribution in [0.3, 0.4) is 0 Å². The molecule has 0 fully saturated rings. The zero-order chi connectivity index (χ0) is 19.5. The fourth-order valence-electron chi connectivity index (χ4n) is 3.02. The van der Waals surface area contributed by atoms with Crippen molar-refractivity contribution in [1.29, 1.82) is 0 Å². The molecule has 0 saturated carbocycles. The molecular weight excluding hydrogens is 376 g/mol. The van der Waals surface area contributed by atoms with Crippen molar-refractivity contribution in [3.05, 3.63) is 75.4 Å². The molecular formula is C20H19ClN6O. The summed E-state index contributed by atoms with van der Waals surface area (Å²) in [6.07, 6.45) is 5.25. The van der Waals surface area contributed by atoms with E-state index in [0.29, 0.717) is 23.3 Å². The Morgan fingerprint density at radius 2 is 1.96 bits per heavy atom. The Morgan fingerprint density at radius 1 is 1.14 bits per heavy atom. The Labute approximate surface area is 166 Å². The van der Waals surface area contributed by atoms with Gasteiger partial charge in [0, 0.05) is 35.7 Å². The molecule has 3 aromatic heterocycles. The van der Waals surface area contributed by atoms with Gasteiger partial charge in [-0.2, -0.15) is 9.50 Å². The van der Waals surface area contributed by atoms with E-state index < -0.39 is 0 Å². The number of aromatic nitrogens is 5. The van der Waals surface area contributed by atoms with Crippen LogP contribution < -0.4 is 10.9 Å². The van der Waals surface area contributed by atoms with Gasteiger partial charge in [-0.1, -0.05) is 31.0 Å². The topological polar surface area (TPSA) is 88.0 Å². The van der Waals surface area contributed by atoms with Crippen LogP contribution in [0.25, 0.3) is 16.9 Å². The molecule has 0 radical (unpaired) electrons. The van der Waals surface area contributed by atoms with Gasteiger partial charge in [0.05, 0.1) is 0 Å². The number of hydrogen-bond donors (Lipinski definition) is 2. The SMILES string of the molecule is CCCc1cc(=O)n2nc(NCc3cc(-c4ccncc4)ccc3Cl)nc2[nH]1. The maximum Gasteiger partial charge on any atom is 0.275 e. The molecule has 142 valence electrons. The van der Waals surface area contributed by atoms with Crippen molar-refractivity contribution in [2.24, 2.45) is 0 Å². The molecule has 0 spiro atoms. The monoisotopic (exact) mass is 394 g/mol. The van der Waals surface area contributed by atoms with Crippen molar-refractivity contribution in [3.63, 3.8) is 0 Å². The van der Waals surface area contributed by atoms with E-state index in [0.717, 1.165) is 35.2 Å². The summed E-state index contributed by atoms with van der Waals surface area (Å²) in [7, 11) is 0. The smallest absolute Gasteiger partial charge is 0.275 e. The Kier molecular flexibility index (Phi) is 5.08. The van der Waals surface area contributed by atoms with Crippen LogP contribution >= 0.6 is 11.6 Å². The van der Waals surface area contributed by atoms with Gasteiger partial charge in [0.25, 0.3) is 5.56 Å². The van der Waals surface area contributed by atoms with Gasteiger partial charge in [-0.05, 0) is 47.4 Å². The second-order valence-corrected chi connectivity index (χ2v) is 6.86. The van der Waals surface area contributed by atoms with Crippen LogP contribution in [-0.4, -0.2) is 24.6 Å². The normalized spacial score (nSPS) is 11.1. The summed E-state index contributed by atoms with van der Waals surface area (Å²) >= 11 is 6.35. The van der Waals surface area contributed by atoms with Crippen molar-refractivity contribution >= 4 is 23.3 Å². The predicted molar refractivity (Wildman–Crippen MR) is 110 cm³/mol. The highest BCUT2D eigenvalue weighted by molar-refractivity contribution is 6.31. The van der Waals surface area contributed by atoms with E-state index in [1.54, 1.807) is 18.5 Å². The lowest BCUT2D eigenvalue weighted by Gasteiger charge is -2.08. The van der Waals surface area contributed by atoms with E-state index in [4.69, 9.17) is 11.6 Å². The van der Waals surface area contributed by atoms with E-state index in [-0.39, 0.29) is 5.56 Å². The van der Waals surface area contributed by atoms with E-state index in [2.05, 4.69) is 32.3 Å². The summed E-state index contributed by atoms with van der Waals surface area (Å²) in [5.74, 6) is 0.794. The van der Waals surface area contributed by atoms with Crippen LogP contribution in [-0.2, 0) is 13.0 Å². The number of anilines is 1. The molecule has 0 aliphatic carbocycles. The van der Waals surface area contributed by atoms with E-state index in [1.165, 1.54) is 4.52 Å². The minimum atomic E-state index is -0.199. The number of aromatic amines is 1. The molecule has 7 nitrogen and oxygen atoms in total. The minimum absolute atomic E-state index is 0.199. The van der Waals surface area contributed by atoms with Crippen molar-refractivity contribution in [3.8, 4) is 11.1 Å². The highest BCUT2D eigenvalue weighted by Crippen LogP contribution is 2.25. The Bertz CT molecular complexity index is 1170. The molecule has 4 aromatic rings. The predicted octanol–water partition coefficient (Wildman–Crippen LogP) is 3.70. The third-order valence-corrected chi connectivity index (χ3v) is 4.77. The molecule has 1 aromatic carbocycles. The standard InChI is InChI=1S/C20H19ClN6O/c1-2-3-16-11-18(28)27-20(24-16)25-19(26-27)23-12-15-10-14(4-5-17(15)21)13-6-8-22-9-7-13/h4-11H,2-3,12H2,1H3,(H2,23,24,25,26). The average molecular weight is 395 g/mol. The van der Waals surface area contributed by atoms with Gasteiger partial charge in [0.2, 0.25) is 11.7 Å². The van der Waals surface area contributed by atoms with Crippen molar-refractivity contribution < 1.29 is 0 Å². The summed E-state index contributed by atoms with van der Waals surface area (Å²) < 4.78 is 1.26. The molecule has 0 aliphatic rings. The molecule has 28 heavy (non-hydrogen) atoms. The highest BCUT2D eigenvalue weighted by atomic mass is 35.5. The summed E-state index contributed by atoms with van der Waals surface area (Å²) in [5.41, 5.74) is 3.68. The number of H-pyrrole nitrogens is 1. The first kappa shape index (κ1) is 18.2. The van der Waals surface area contributed by atoms with Crippen LogP contribution in [0.5, 0.6) is 0 Å². The van der Waals surface area contributed by atoms with E-state index in [9.17, 15) is 4.79 Å². The zero-order valence-electron chi connectivity index (χ0n) is 15.3. The number of benzene rings is 1.